The van der Waals surface area contributed by atoms with Gasteiger partial charge in [-0.05, 0) is 30.7 Å². The molecule has 0 aliphatic carbocycles. The minimum absolute atomic E-state index is 0.0508. The minimum atomic E-state index is -0.0508. The van der Waals surface area contributed by atoms with E-state index in [1.807, 2.05) is 30.3 Å². The first-order valence-electron chi connectivity index (χ1n) is 7.52. The molecule has 0 atom stereocenters. The van der Waals surface area contributed by atoms with E-state index in [0.717, 1.165) is 17.9 Å². The number of hydrogen-bond donors (Lipinski definition) is 1. The largest absolute Gasteiger partial charge is 0.482 e. The van der Waals surface area contributed by atoms with Crippen LogP contribution in [-0.4, -0.2) is 30.6 Å². The van der Waals surface area contributed by atoms with Crippen LogP contribution in [0.3, 0.4) is 0 Å². The van der Waals surface area contributed by atoms with Crippen LogP contribution in [0.15, 0.2) is 36.4 Å². The fourth-order valence-corrected chi connectivity index (χ4v) is 2.62. The molecule has 1 aromatic heterocycles. The van der Waals surface area contributed by atoms with E-state index in [4.69, 9.17) is 21.6 Å². The van der Waals surface area contributed by atoms with Crippen molar-refractivity contribution in [2.45, 2.75) is 6.42 Å². The second-order valence-corrected chi connectivity index (χ2v) is 5.63. The maximum Gasteiger partial charge on any atom is 0.265 e. The summed E-state index contributed by atoms with van der Waals surface area (Å²) in [5.74, 6) is 1.26. The number of aromatic nitrogens is 1. The van der Waals surface area contributed by atoms with Gasteiger partial charge in [0.25, 0.3) is 5.91 Å². The van der Waals surface area contributed by atoms with Crippen LogP contribution in [0.25, 0.3) is 0 Å². The van der Waals surface area contributed by atoms with E-state index in [9.17, 15) is 4.79 Å². The molecule has 6 nitrogen and oxygen atoms in total. The Morgan fingerprint density at radius 3 is 3.00 bits per heavy atom. The number of ether oxygens (including phenoxy) is 1. The molecule has 0 bridgehead atoms. The van der Waals surface area contributed by atoms with E-state index in [-0.39, 0.29) is 18.2 Å². The Bertz CT molecular complexity index is 803. The lowest BCUT2D eigenvalue weighted by atomic mass is 10.2. The summed E-state index contributed by atoms with van der Waals surface area (Å²) in [6.45, 7) is 1.26. The van der Waals surface area contributed by atoms with Crippen LogP contribution in [0.5, 0.6) is 5.75 Å². The van der Waals surface area contributed by atoms with Gasteiger partial charge in [0.05, 0.1) is 10.7 Å². The fraction of sp³-hybridized carbons (Fsp3) is 0.235. The zero-order valence-electron chi connectivity index (χ0n) is 12.8. The van der Waals surface area contributed by atoms with Gasteiger partial charge < -0.3 is 15.0 Å². The standard InChI is InChI=1S/C17H15ClN4O2/c18-12-6-7-16(21-13(12)10-19)20-8-3-9-22-14-4-1-2-5-15(14)24-11-17(22)23/h1-2,4-7H,3,8-9,11H2,(H,20,21). The number of rotatable bonds is 5. The van der Waals surface area contributed by atoms with E-state index >= 15 is 0 Å². The molecule has 0 unspecified atom stereocenters. The summed E-state index contributed by atoms with van der Waals surface area (Å²) in [5.41, 5.74) is 0.990. The number of halogens is 1. The van der Waals surface area contributed by atoms with E-state index in [1.165, 1.54) is 0 Å². The molecule has 0 fully saturated rings. The SMILES string of the molecule is N#Cc1nc(NCCCN2C(=O)COc3ccccc32)ccc1Cl. The summed E-state index contributed by atoms with van der Waals surface area (Å²) in [4.78, 5) is 17.9. The first-order chi connectivity index (χ1) is 11.7. The van der Waals surface area contributed by atoms with Gasteiger partial charge in [-0.3, -0.25) is 4.79 Å². The summed E-state index contributed by atoms with van der Waals surface area (Å²) in [7, 11) is 0. The Morgan fingerprint density at radius 1 is 1.33 bits per heavy atom. The Morgan fingerprint density at radius 2 is 2.17 bits per heavy atom. The number of hydrogen-bond acceptors (Lipinski definition) is 5. The van der Waals surface area contributed by atoms with Gasteiger partial charge in [0.1, 0.15) is 17.6 Å². The van der Waals surface area contributed by atoms with Crippen LogP contribution < -0.4 is 15.0 Å². The first kappa shape index (κ1) is 16.1. The van der Waals surface area contributed by atoms with Crippen molar-refractivity contribution in [3.63, 3.8) is 0 Å². The molecule has 7 heteroatoms. The molecule has 0 saturated heterocycles. The molecule has 1 amide bonds. The summed E-state index contributed by atoms with van der Waals surface area (Å²) in [6, 6.07) is 12.8. The van der Waals surface area contributed by atoms with Gasteiger partial charge in [-0.1, -0.05) is 23.7 Å². The molecule has 1 N–H and O–H groups in total. The monoisotopic (exact) mass is 342 g/mol. The summed E-state index contributed by atoms with van der Waals surface area (Å²) in [6.07, 6.45) is 0.728. The van der Waals surface area contributed by atoms with Crippen LogP contribution in [-0.2, 0) is 4.79 Å². The molecule has 0 spiro atoms. The molecular weight excluding hydrogens is 328 g/mol. The molecule has 1 aliphatic heterocycles. The van der Waals surface area contributed by atoms with Crippen LogP contribution >= 0.6 is 11.6 Å². The lowest BCUT2D eigenvalue weighted by Gasteiger charge is -2.29. The Kier molecular flexibility index (Phi) is 4.82. The molecule has 0 saturated carbocycles. The maximum absolute atomic E-state index is 12.1. The molecule has 2 heterocycles. The Balaban J connectivity index is 1.57. The maximum atomic E-state index is 12.1. The number of carbonyl (C=O) groups is 1. The van der Waals surface area contributed by atoms with E-state index in [1.54, 1.807) is 17.0 Å². The number of nitriles is 1. The van der Waals surface area contributed by atoms with E-state index < -0.39 is 0 Å². The van der Waals surface area contributed by atoms with Crippen molar-refractivity contribution in [3.05, 3.63) is 47.1 Å². The molecule has 122 valence electrons. The van der Waals surface area contributed by atoms with Gasteiger partial charge in [0, 0.05) is 13.1 Å². The Labute approximate surface area is 144 Å². The topological polar surface area (TPSA) is 78.3 Å². The second kappa shape index (κ2) is 7.20. The average molecular weight is 343 g/mol. The highest BCUT2D eigenvalue weighted by Crippen LogP contribution is 2.31. The third-order valence-corrected chi connectivity index (χ3v) is 3.93. The zero-order valence-corrected chi connectivity index (χ0v) is 13.6. The van der Waals surface area contributed by atoms with Crippen LogP contribution in [0.1, 0.15) is 12.1 Å². The van der Waals surface area contributed by atoms with Crippen molar-refractivity contribution >= 4 is 29.0 Å². The van der Waals surface area contributed by atoms with Crippen molar-refractivity contribution in [1.82, 2.24) is 4.98 Å². The van der Waals surface area contributed by atoms with Gasteiger partial charge in [-0.15, -0.1) is 0 Å². The summed E-state index contributed by atoms with van der Waals surface area (Å²) < 4.78 is 5.42. The molecule has 1 aliphatic rings. The van der Waals surface area contributed by atoms with Gasteiger partial charge >= 0.3 is 0 Å². The average Bonchev–Trinajstić information content (AvgIpc) is 2.61. The highest BCUT2D eigenvalue weighted by molar-refractivity contribution is 6.31. The lowest BCUT2D eigenvalue weighted by molar-refractivity contribution is -0.121. The number of fused-ring (bicyclic) bond motifs is 1. The molecule has 1 aromatic carbocycles. The van der Waals surface area contributed by atoms with Crippen LogP contribution in [0.4, 0.5) is 11.5 Å². The number of nitrogens with zero attached hydrogens (tertiary/aromatic N) is 3. The van der Waals surface area contributed by atoms with Crippen molar-refractivity contribution in [3.8, 4) is 11.8 Å². The number of benzene rings is 1. The highest BCUT2D eigenvalue weighted by Gasteiger charge is 2.24. The number of carbonyl (C=O) groups excluding carboxylic acids is 1. The van der Waals surface area contributed by atoms with Crippen molar-refractivity contribution in [1.29, 1.82) is 5.26 Å². The number of nitrogens with one attached hydrogen (secondary N) is 1. The van der Waals surface area contributed by atoms with Crippen LogP contribution in [0.2, 0.25) is 5.02 Å². The van der Waals surface area contributed by atoms with Gasteiger partial charge in [0.15, 0.2) is 12.3 Å². The third kappa shape index (κ3) is 3.42. The highest BCUT2D eigenvalue weighted by atomic mass is 35.5. The zero-order chi connectivity index (χ0) is 16.9. The van der Waals surface area contributed by atoms with Crippen molar-refractivity contribution < 1.29 is 9.53 Å². The lowest BCUT2D eigenvalue weighted by Crippen LogP contribution is -2.39. The fourth-order valence-electron chi connectivity index (χ4n) is 2.47. The van der Waals surface area contributed by atoms with Gasteiger partial charge in [0.2, 0.25) is 0 Å². The number of pyridine rings is 1. The molecule has 0 radical (unpaired) electrons. The minimum Gasteiger partial charge on any atom is -0.482 e. The summed E-state index contributed by atoms with van der Waals surface area (Å²) in [5, 5.41) is 12.4. The number of anilines is 2. The molecule has 3 rings (SSSR count). The van der Waals surface area contributed by atoms with Crippen molar-refractivity contribution in [2.75, 3.05) is 29.9 Å². The first-order valence-corrected chi connectivity index (χ1v) is 7.89. The van der Waals surface area contributed by atoms with E-state index in [0.29, 0.717) is 23.9 Å². The second-order valence-electron chi connectivity index (χ2n) is 5.22. The van der Waals surface area contributed by atoms with Crippen molar-refractivity contribution in [2.24, 2.45) is 0 Å². The Hall–Kier alpha value is -2.78. The molecular formula is C17H15ClN4O2. The smallest absolute Gasteiger partial charge is 0.265 e. The van der Waals surface area contributed by atoms with Crippen LogP contribution in [0, 0.1) is 11.3 Å². The van der Waals surface area contributed by atoms with Gasteiger partial charge in [-0.2, -0.15) is 5.26 Å². The third-order valence-electron chi connectivity index (χ3n) is 3.62. The number of para-hydroxylation sites is 2. The van der Waals surface area contributed by atoms with Gasteiger partial charge in [-0.25, -0.2) is 4.98 Å². The molecule has 2 aromatic rings. The summed E-state index contributed by atoms with van der Waals surface area (Å²) >= 11 is 5.85. The quantitative estimate of drug-likeness (QED) is 0.845. The van der Waals surface area contributed by atoms with E-state index in [2.05, 4.69) is 10.3 Å². The predicted octanol–water partition coefficient (Wildman–Crippen LogP) is 2.83. The molecule has 24 heavy (non-hydrogen) atoms. The normalized spacial score (nSPS) is 13.0. The number of amides is 1. The predicted molar refractivity (Wildman–Crippen MR) is 91.4 cm³/mol.